The number of aromatic nitrogens is 1. The third kappa shape index (κ3) is 3.33. The fourth-order valence-corrected chi connectivity index (χ4v) is 2.13. The molecule has 0 aliphatic heterocycles. The molecule has 0 saturated heterocycles. The summed E-state index contributed by atoms with van der Waals surface area (Å²) < 4.78 is 13.3. The van der Waals surface area contributed by atoms with Crippen LogP contribution in [0.3, 0.4) is 0 Å². The molecule has 1 aromatic carbocycles. The van der Waals surface area contributed by atoms with E-state index in [0.29, 0.717) is 0 Å². The molecule has 0 bridgehead atoms. The van der Waals surface area contributed by atoms with E-state index in [-0.39, 0.29) is 11.9 Å². The van der Waals surface area contributed by atoms with Crippen LogP contribution in [0.5, 0.6) is 0 Å². The van der Waals surface area contributed by atoms with Gasteiger partial charge in [0.15, 0.2) is 0 Å². The lowest BCUT2D eigenvalue weighted by Gasteiger charge is -2.20. The molecule has 2 rings (SSSR count). The van der Waals surface area contributed by atoms with Crippen molar-refractivity contribution in [3.8, 4) is 0 Å². The van der Waals surface area contributed by atoms with Crippen molar-refractivity contribution in [1.29, 1.82) is 0 Å². The van der Waals surface area contributed by atoms with Gasteiger partial charge < -0.3 is 10.2 Å². The first-order valence-electron chi connectivity index (χ1n) is 6.80. The summed E-state index contributed by atoms with van der Waals surface area (Å²) in [6.45, 7) is 5.11. The molecule has 2 aromatic rings. The Kier molecular flexibility index (Phi) is 4.69. The Morgan fingerprint density at radius 3 is 2.80 bits per heavy atom. The van der Waals surface area contributed by atoms with Crippen molar-refractivity contribution in [3.63, 3.8) is 0 Å². The molecular weight excluding hydrogens is 253 g/mol. The van der Waals surface area contributed by atoms with E-state index in [1.54, 1.807) is 12.3 Å². The summed E-state index contributed by atoms with van der Waals surface area (Å²) in [7, 11) is 1.89. The number of nitrogens with zero attached hydrogens (tertiary/aromatic N) is 2. The van der Waals surface area contributed by atoms with Crippen LogP contribution < -0.4 is 10.2 Å². The zero-order valence-electron chi connectivity index (χ0n) is 12.1. The first-order valence-corrected chi connectivity index (χ1v) is 6.80. The van der Waals surface area contributed by atoms with Crippen molar-refractivity contribution < 1.29 is 4.39 Å². The fraction of sp³-hybridized carbons (Fsp3) is 0.312. The summed E-state index contributed by atoms with van der Waals surface area (Å²) in [6.07, 6.45) is 1.79. The van der Waals surface area contributed by atoms with Gasteiger partial charge in [0.1, 0.15) is 11.6 Å². The van der Waals surface area contributed by atoms with Crippen molar-refractivity contribution in [2.24, 2.45) is 0 Å². The average Bonchev–Trinajstić information content (AvgIpc) is 2.47. The maximum absolute atomic E-state index is 13.3. The largest absolute Gasteiger partial charge is 0.329 e. The molecule has 1 unspecified atom stereocenters. The van der Waals surface area contributed by atoms with E-state index in [2.05, 4.69) is 24.1 Å². The number of benzene rings is 1. The summed E-state index contributed by atoms with van der Waals surface area (Å²) in [5.41, 5.74) is 1.95. The summed E-state index contributed by atoms with van der Waals surface area (Å²) >= 11 is 0. The third-order valence-corrected chi connectivity index (χ3v) is 3.32. The number of halogens is 1. The molecule has 1 heterocycles. The summed E-state index contributed by atoms with van der Waals surface area (Å²) in [5.74, 6) is 0.560. The standard InChI is InChI=1S/C16H20FN3/c1-4-18-12(2)13-8-9-19-16(10-13)20(3)15-7-5-6-14(17)11-15/h5-12,18H,4H2,1-3H3. The van der Waals surface area contributed by atoms with Crippen LogP contribution >= 0.6 is 0 Å². The molecular formula is C16H20FN3. The molecule has 1 atom stereocenters. The lowest BCUT2D eigenvalue weighted by Crippen LogP contribution is -2.18. The van der Waals surface area contributed by atoms with Crippen LogP contribution in [0.4, 0.5) is 15.9 Å². The van der Waals surface area contributed by atoms with Crippen LogP contribution in [0, 0.1) is 5.82 Å². The first kappa shape index (κ1) is 14.5. The second-order valence-electron chi connectivity index (χ2n) is 4.77. The van der Waals surface area contributed by atoms with Gasteiger partial charge in [-0.2, -0.15) is 0 Å². The van der Waals surface area contributed by atoms with Crippen molar-refractivity contribution in [2.75, 3.05) is 18.5 Å². The molecule has 0 aliphatic carbocycles. The minimum absolute atomic E-state index is 0.244. The molecule has 4 heteroatoms. The van der Waals surface area contributed by atoms with Gasteiger partial charge in [0.05, 0.1) is 0 Å². The van der Waals surface area contributed by atoms with Gasteiger partial charge in [-0.15, -0.1) is 0 Å². The average molecular weight is 273 g/mol. The van der Waals surface area contributed by atoms with E-state index in [0.717, 1.165) is 18.1 Å². The Hall–Kier alpha value is -1.94. The molecule has 1 N–H and O–H groups in total. The Morgan fingerprint density at radius 1 is 1.30 bits per heavy atom. The van der Waals surface area contributed by atoms with Gasteiger partial charge in [-0.3, -0.25) is 0 Å². The predicted octanol–water partition coefficient (Wildman–Crippen LogP) is 3.66. The van der Waals surface area contributed by atoms with Gasteiger partial charge in [0.25, 0.3) is 0 Å². The minimum atomic E-state index is -0.244. The highest BCUT2D eigenvalue weighted by atomic mass is 19.1. The van der Waals surface area contributed by atoms with Crippen LogP contribution in [0.1, 0.15) is 25.5 Å². The van der Waals surface area contributed by atoms with E-state index in [4.69, 9.17) is 0 Å². The second kappa shape index (κ2) is 6.48. The number of anilines is 2. The molecule has 3 nitrogen and oxygen atoms in total. The zero-order valence-corrected chi connectivity index (χ0v) is 12.1. The normalized spacial score (nSPS) is 12.2. The van der Waals surface area contributed by atoms with Crippen LogP contribution in [0.15, 0.2) is 42.6 Å². The molecule has 0 amide bonds. The minimum Gasteiger partial charge on any atom is -0.329 e. The summed E-state index contributed by atoms with van der Waals surface area (Å²) in [5, 5.41) is 3.37. The van der Waals surface area contributed by atoms with Crippen molar-refractivity contribution in [3.05, 3.63) is 54.0 Å². The molecule has 20 heavy (non-hydrogen) atoms. The summed E-state index contributed by atoms with van der Waals surface area (Å²) in [6, 6.07) is 10.8. The fourth-order valence-electron chi connectivity index (χ4n) is 2.13. The number of hydrogen-bond acceptors (Lipinski definition) is 3. The second-order valence-corrected chi connectivity index (χ2v) is 4.77. The van der Waals surface area contributed by atoms with Crippen molar-refractivity contribution in [1.82, 2.24) is 10.3 Å². The molecule has 0 fully saturated rings. The van der Waals surface area contributed by atoms with Gasteiger partial charge in [-0.05, 0) is 49.4 Å². The number of hydrogen-bond donors (Lipinski definition) is 1. The van der Waals surface area contributed by atoms with Crippen LogP contribution in [0.2, 0.25) is 0 Å². The Balaban J connectivity index is 2.26. The number of nitrogens with one attached hydrogen (secondary N) is 1. The summed E-state index contributed by atoms with van der Waals surface area (Å²) in [4.78, 5) is 6.24. The van der Waals surface area contributed by atoms with Gasteiger partial charge in [-0.1, -0.05) is 13.0 Å². The highest BCUT2D eigenvalue weighted by molar-refractivity contribution is 5.59. The molecule has 106 valence electrons. The van der Waals surface area contributed by atoms with Gasteiger partial charge in [0, 0.05) is 25.0 Å². The van der Waals surface area contributed by atoms with Crippen LogP contribution in [-0.4, -0.2) is 18.6 Å². The molecule has 0 spiro atoms. The van der Waals surface area contributed by atoms with Crippen LogP contribution in [-0.2, 0) is 0 Å². The molecule has 1 aromatic heterocycles. The topological polar surface area (TPSA) is 28.2 Å². The lowest BCUT2D eigenvalue weighted by molar-refractivity contribution is 0.597. The Bertz CT molecular complexity index is 571. The van der Waals surface area contributed by atoms with E-state index < -0.39 is 0 Å². The highest BCUT2D eigenvalue weighted by Gasteiger charge is 2.09. The predicted molar refractivity (Wildman–Crippen MR) is 80.8 cm³/mol. The van der Waals surface area contributed by atoms with Crippen molar-refractivity contribution in [2.45, 2.75) is 19.9 Å². The van der Waals surface area contributed by atoms with Gasteiger partial charge in [0.2, 0.25) is 0 Å². The number of rotatable bonds is 5. The maximum Gasteiger partial charge on any atom is 0.132 e. The van der Waals surface area contributed by atoms with Gasteiger partial charge >= 0.3 is 0 Å². The first-order chi connectivity index (χ1) is 9.61. The Labute approximate surface area is 119 Å². The van der Waals surface area contributed by atoms with E-state index in [1.165, 1.54) is 17.7 Å². The molecule has 0 saturated carbocycles. The monoisotopic (exact) mass is 273 g/mol. The zero-order chi connectivity index (χ0) is 14.5. The molecule has 0 radical (unpaired) electrons. The number of pyridine rings is 1. The van der Waals surface area contributed by atoms with E-state index in [1.807, 2.05) is 30.1 Å². The van der Waals surface area contributed by atoms with Crippen molar-refractivity contribution >= 4 is 11.5 Å². The van der Waals surface area contributed by atoms with Gasteiger partial charge in [-0.25, -0.2) is 9.37 Å². The van der Waals surface area contributed by atoms with E-state index >= 15 is 0 Å². The molecule has 0 aliphatic rings. The van der Waals surface area contributed by atoms with E-state index in [9.17, 15) is 4.39 Å². The lowest BCUT2D eigenvalue weighted by atomic mass is 10.1. The highest BCUT2D eigenvalue weighted by Crippen LogP contribution is 2.24. The van der Waals surface area contributed by atoms with Crippen LogP contribution in [0.25, 0.3) is 0 Å². The quantitative estimate of drug-likeness (QED) is 0.901. The third-order valence-electron chi connectivity index (χ3n) is 3.32. The SMILES string of the molecule is CCNC(C)c1ccnc(N(C)c2cccc(F)c2)c1. The smallest absolute Gasteiger partial charge is 0.132 e. The Morgan fingerprint density at radius 2 is 2.10 bits per heavy atom. The maximum atomic E-state index is 13.3.